The Hall–Kier alpha value is -1.09. The number of benzene rings is 1. The molecule has 0 aliphatic carbocycles. The van der Waals surface area contributed by atoms with Crippen molar-refractivity contribution in [2.45, 2.75) is 58.3 Å². The molecule has 0 spiro atoms. The summed E-state index contributed by atoms with van der Waals surface area (Å²) in [7, 11) is 0. The second kappa shape index (κ2) is 7.45. The molecule has 0 saturated carbocycles. The average Bonchev–Trinajstić information content (AvgIpc) is 2.50. The number of hydrogen-bond donors (Lipinski definition) is 1. The van der Waals surface area contributed by atoms with Crippen LogP contribution in [-0.2, 0) is 5.41 Å². The highest BCUT2D eigenvalue weighted by Gasteiger charge is 2.38. The number of likely N-dealkylation sites (tertiary alicyclic amines) is 1. The van der Waals surface area contributed by atoms with Crippen LogP contribution >= 0.6 is 0 Å². The standard InChI is InChI=1S/C19H30FNO/c1-4-5-6-7-11-21-12-10-19(3,15(2)14-21)16-8-9-17(20)18(22)13-16/h8-9,13,15,22H,4-7,10-12,14H2,1-3H3/t15-,19-/m0/s1. The largest absolute Gasteiger partial charge is 0.505 e. The topological polar surface area (TPSA) is 23.5 Å². The van der Waals surface area contributed by atoms with Crippen LogP contribution in [0.1, 0.15) is 58.4 Å². The van der Waals surface area contributed by atoms with Crippen LogP contribution in [0.4, 0.5) is 4.39 Å². The van der Waals surface area contributed by atoms with Gasteiger partial charge in [-0.05, 0) is 55.0 Å². The molecular weight excluding hydrogens is 277 g/mol. The third-order valence-electron chi connectivity index (χ3n) is 5.50. The zero-order valence-corrected chi connectivity index (χ0v) is 14.2. The lowest BCUT2D eigenvalue weighted by atomic mass is 9.68. The molecule has 1 aliphatic rings. The lowest BCUT2D eigenvalue weighted by molar-refractivity contribution is 0.109. The van der Waals surface area contributed by atoms with Gasteiger partial charge in [0.1, 0.15) is 0 Å². The maximum absolute atomic E-state index is 13.3. The fourth-order valence-corrected chi connectivity index (χ4v) is 3.58. The summed E-state index contributed by atoms with van der Waals surface area (Å²) >= 11 is 0. The zero-order valence-electron chi connectivity index (χ0n) is 14.2. The van der Waals surface area contributed by atoms with Gasteiger partial charge in [0.15, 0.2) is 11.6 Å². The molecule has 1 N–H and O–H groups in total. The van der Waals surface area contributed by atoms with E-state index in [1.54, 1.807) is 6.07 Å². The molecule has 0 unspecified atom stereocenters. The van der Waals surface area contributed by atoms with Crippen molar-refractivity contribution in [2.24, 2.45) is 5.92 Å². The second-order valence-corrected chi connectivity index (χ2v) is 7.10. The Morgan fingerprint density at radius 1 is 1.32 bits per heavy atom. The molecule has 2 rings (SSSR count). The number of phenolic OH excluding ortho intramolecular Hbond substituents is 1. The highest BCUT2D eigenvalue weighted by atomic mass is 19.1. The van der Waals surface area contributed by atoms with E-state index in [9.17, 15) is 9.50 Å². The normalized spacial score (nSPS) is 26.3. The molecule has 2 atom stereocenters. The Morgan fingerprint density at radius 2 is 2.09 bits per heavy atom. The number of phenols is 1. The molecule has 22 heavy (non-hydrogen) atoms. The van der Waals surface area contributed by atoms with Crippen molar-refractivity contribution in [3.05, 3.63) is 29.6 Å². The van der Waals surface area contributed by atoms with E-state index in [-0.39, 0.29) is 11.2 Å². The minimum atomic E-state index is -0.534. The van der Waals surface area contributed by atoms with Crippen molar-refractivity contribution in [3.63, 3.8) is 0 Å². The number of aromatic hydroxyl groups is 1. The van der Waals surface area contributed by atoms with Crippen molar-refractivity contribution in [3.8, 4) is 5.75 Å². The van der Waals surface area contributed by atoms with E-state index in [0.717, 1.165) is 25.1 Å². The third kappa shape index (κ3) is 3.81. The fraction of sp³-hybridized carbons (Fsp3) is 0.684. The first kappa shape index (κ1) is 17.3. The summed E-state index contributed by atoms with van der Waals surface area (Å²) in [5, 5.41) is 9.66. The van der Waals surface area contributed by atoms with E-state index >= 15 is 0 Å². The summed E-state index contributed by atoms with van der Waals surface area (Å²) in [5.74, 6) is -0.265. The number of hydrogen-bond acceptors (Lipinski definition) is 2. The molecule has 1 aliphatic heterocycles. The minimum absolute atomic E-state index is 0.0189. The second-order valence-electron chi connectivity index (χ2n) is 7.10. The van der Waals surface area contributed by atoms with Crippen LogP contribution in [0.3, 0.4) is 0 Å². The monoisotopic (exact) mass is 307 g/mol. The Morgan fingerprint density at radius 3 is 2.73 bits per heavy atom. The summed E-state index contributed by atoms with van der Waals surface area (Å²) in [6, 6.07) is 4.84. The SMILES string of the molecule is CCCCCCN1CC[C@](C)(c2ccc(F)c(O)c2)[C@@H](C)C1. The van der Waals surface area contributed by atoms with Gasteiger partial charge in [0.05, 0.1) is 0 Å². The van der Waals surface area contributed by atoms with Gasteiger partial charge in [-0.1, -0.05) is 46.1 Å². The quantitative estimate of drug-likeness (QED) is 0.769. The molecule has 0 bridgehead atoms. The van der Waals surface area contributed by atoms with Crippen molar-refractivity contribution in [1.82, 2.24) is 4.90 Å². The summed E-state index contributed by atoms with van der Waals surface area (Å²) in [6.45, 7) is 10.1. The van der Waals surface area contributed by atoms with Crippen LogP contribution in [0.25, 0.3) is 0 Å². The maximum atomic E-state index is 13.3. The zero-order chi connectivity index (χ0) is 16.2. The predicted octanol–water partition coefficient (Wildman–Crippen LogP) is 4.71. The fourth-order valence-electron chi connectivity index (χ4n) is 3.58. The van der Waals surface area contributed by atoms with Gasteiger partial charge in [-0.3, -0.25) is 0 Å². The van der Waals surface area contributed by atoms with Gasteiger partial charge >= 0.3 is 0 Å². The van der Waals surface area contributed by atoms with Crippen LogP contribution in [0.15, 0.2) is 18.2 Å². The van der Waals surface area contributed by atoms with Crippen LogP contribution in [0, 0.1) is 11.7 Å². The van der Waals surface area contributed by atoms with Crippen LogP contribution in [-0.4, -0.2) is 29.6 Å². The van der Waals surface area contributed by atoms with Gasteiger partial charge < -0.3 is 10.0 Å². The number of rotatable bonds is 6. The molecular formula is C19H30FNO. The summed E-state index contributed by atoms with van der Waals surface area (Å²) < 4.78 is 13.3. The molecule has 0 amide bonds. The Bertz CT molecular complexity index is 490. The van der Waals surface area contributed by atoms with Crippen LogP contribution in [0.2, 0.25) is 0 Å². The van der Waals surface area contributed by atoms with Gasteiger partial charge in [0, 0.05) is 6.54 Å². The first-order valence-electron chi connectivity index (χ1n) is 8.68. The first-order chi connectivity index (χ1) is 10.5. The molecule has 1 aromatic rings. The Kier molecular flexibility index (Phi) is 5.85. The highest BCUT2D eigenvalue weighted by molar-refractivity contribution is 5.35. The van der Waals surface area contributed by atoms with Crippen LogP contribution < -0.4 is 0 Å². The van der Waals surface area contributed by atoms with Gasteiger partial charge in [0.25, 0.3) is 0 Å². The summed E-state index contributed by atoms with van der Waals surface area (Å²) in [5.41, 5.74) is 1.08. The maximum Gasteiger partial charge on any atom is 0.164 e. The molecule has 1 heterocycles. The summed E-state index contributed by atoms with van der Waals surface area (Å²) in [6.07, 6.45) is 6.28. The Labute approximate surface area is 134 Å². The van der Waals surface area contributed by atoms with Gasteiger partial charge in [-0.25, -0.2) is 4.39 Å². The molecule has 1 aromatic carbocycles. The van der Waals surface area contributed by atoms with Crippen LogP contribution in [0.5, 0.6) is 5.75 Å². The van der Waals surface area contributed by atoms with Crippen molar-refractivity contribution in [1.29, 1.82) is 0 Å². The smallest absolute Gasteiger partial charge is 0.164 e. The molecule has 3 heteroatoms. The molecule has 124 valence electrons. The predicted molar refractivity (Wildman–Crippen MR) is 89.8 cm³/mol. The molecule has 0 aromatic heterocycles. The van der Waals surface area contributed by atoms with E-state index < -0.39 is 5.82 Å². The van der Waals surface area contributed by atoms with Crippen molar-refractivity contribution in [2.75, 3.05) is 19.6 Å². The van der Waals surface area contributed by atoms with Crippen molar-refractivity contribution >= 4 is 0 Å². The van der Waals surface area contributed by atoms with E-state index in [1.165, 1.54) is 38.3 Å². The average molecular weight is 307 g/mol. The van der Waals surface area contributed by atoms with E-state index in [1.807, 2.05) is 6.07 Å². The summed E-state index contributed by atoms with van der Waals surface area (Å²) in [4.78, 5) is 2.56. The van der Waals surface area contributed by atoms with Crippen molar-refractivity contribution < 1.29 is 9.50 Å². The number of nitrogens with zero attached hydrogens (tertiary/aromatic N) is 1. The third-order valence-corrected chi connectivity index (χ3v) is 5.50. The van der Waals surface area contributed by atoms with E-state index in [4.69, 9.17) is 0 Å². The van der Waals surface area contributed by atoms with Gasteiger partial charge in [-0.2, -0.15) is 0 Å². The van der Waals surface area contributed by atoms with E-state index in [0.29, 0.717) is 5.92 Å². The molecule has 1 saturated heterocycles. The molecule has 1 fully saturated rings. The van der Waals surface area contributed by atoms with E-state index in [2.05, 4.69) is 25.7 Å². The first-order valence-corrected chi connectivity index (χ1v) is 8.68. The van der Waals surface area contributed by atoms with Gasteiger partial charge in [0.2, 0.25) is 0 Å². The molecule has 2 nitrogen and oxygen atoms in total. The Balaban J connectivity index is 1.98. The minimum Gasteiger partial charge on any atom is -0.505 e. The number of halogens is 1. The van der Waals surface area contributed by atoms with Gasteiger partial charge in [-0.15, -0.1) is 0 Å². The lowest BCUT2D eigenvalue weighted by Gasteiger charge is -2.45. The number of piperidine rings is 1. The number of unbranched alkanes of at least 4 members (excludes halogenated alkanes) is 3. The lowest BCUT2D eigenvalue weighted by Crippen LogP contribution is -2.47. The molecule has 0 radical (unpaired) electrons. The highest BCUT2D eigenvalue weighted by Crippen LogP contribution is 2.40.